The van der Waals surface area contributed by atoms with Gasteiger partial charge in [0.15, 0.2) is 0 Å². The number of nitrogens with zero attached hydrogens (tertiary/aromatic N) is 1. The zero-order valence-electron chi connectivity index (χ0n) is 15.4. The summed E-state index contributed by atoms with van der Waals surface area (Å²) in [6.45, 7) is 2.81. The standard InChI is InChI=1S/C21H23NO5/c1-3-11-27-22-13-16-7-6-9-18(12-16)26-14-17-8-4-5-10-19(17)20(15-25-2)21(23)24/h4-10,12-13,15H,3,11,14H2,1-2H3,(H,23,24). The van der Waals surface area contributed by atoms with Gasteiger partial charge in [-0.15, -0.1) is 0 Å². The third kappa shape index (κ3) is 6.18. The first kappa shape index (κ1) is 20.0. The van der Waals surface area contributed by atoms with Gasteiger partial charge >= 0.3 is 5.97 Å². The molecule has 0 aliphatic carbocycles. The number of benzene rings is 2. The number of carbonyl (C=O) groups is 1. The Morgan fingerprint density at radius 2 is 2.00 bits per heavy atom. The average Bonchev–Trinajstić information content (AvgIpc) is 2.68. The van der Waals surface area contributed by atoms with E-state index in [1.54, 1.807) is 18.3 Å². The Morgan fingerprint density at radius 1 is 1.19 bits per heavy atom. The van der Waals surface area contributed by atoms with Gasteiger partial charge in [-0.3, -0.25) is 0 Å². The molecule has 0 amide bonds. The summed E-state index contributed by atoms with van der Waals surface area (Å²) < 4.78 is 10.7. The van der Waals surface area contributed by atoms with Crippen molar-refractivity contribution < 1.29 is 24.2 Å². The minimum atomic E-state index is -1.06. The number of hydrogen-bond acceptors (Lipinski definition) is 5. The van der Waals surface area contributed by atoms with Gasteiger partial charge in [0.05, 0.1) is 19.6 Å². The number of oxime groups is 1. The van der Waals surface area contributed by atoms with E-state index in [1.807, 2.05) is 43.3 Å². The largest absolute Gasteiger partial charge is 0.503 e. The highest BCUT2D eigenvalue weighted by atomic mass is 16.6. The summed E-state index contributed by atoms with van der Waals surface area (Å²) in [5, 5.41) is 13.3. The van der Waals surface area contributed by atoms with Crippen LogP contribution >= 0.6 is 0 Å². The molecule has 142 valence electrons. The molecular formula is C21H23NO5. The van der Waals surface area contributed by atoms with Crippen LogP contribution in [0.3, 0.4) is 0 Å². The number of methoxy groups -OCH3 is 1. The van der Waals surface area contributed by atoms with Crippen LogP contribution in [0.5, 0.6) is 5.75 Å². The molecule has 0 saturated carbocycles. The lowest BCUT2D eigenvalue weighted by molar-refractivity contribution is -0.130. The highest BCUT2D eigenvalue weighted by Crippen LogP contribution is 2.22. The van der Waals surface area contributed by atoms with Gasteiger partial charge in [-0.1, -0.05) is 48.5 Å². The van der Waals surface area contributed by atoms with Crippen LogP contribution in [0.1, 0.15) is 30.0 Å². The monoisotopic (exact) mass is 369 g/mol. The van der Waals surface area contributed by atoms with Crippen molar-refractivity contribution >= 4 is 17.8 Å². The molecule has 2 aromatic carbocycles. The summed E-state index contributed by atoms with van der Waals surface area (Å²) in [6, 6.07) is 14.6. The number of carboxylic acid groups (broad SMARTS) is 1. The highest BCUT2D eigenvalue weighted by Gasteiger charge is 2.15. The van der Waals surface area contributed by atoms with Gasteiger partial charge in [0, 0.05) is 0 Å². The van der Waals surface area contributed by atoms with Crippen molar-refractivity contribution in [2.45, 2.75) is 20.0 Å². The minimum Gasteiger partial charge on any atom is -0.503 e. The molecule has 0 aromatic heterocycles. The Bertz CT molecular complexity index is 814. The number of hydrogen-bond donors (Lipinski definition) is 1. The topological polar surface area (TPSA) is 77.3 Å². The first-order valence-corrected chi connectivity index (χ1v) is 8.58. The second kappa shape index (κ2) is 10.7. The summed E-state index contributed by atoms with van der Waals surface area (Å²) in [4.78, 5) is 16.6. The van der Waals surface area contributed by atoms with Crippen molar-refractivity contribution in [1.82, 2.24) is 0 Å². The van der Waals surface area contributed by atoms with E-state index in [0.29, 0.717) is 17.9 Å². The number of ether oxygens (including phenoxy) is 2. The molecule has 0 bridgehead atoms. The normalized spacial score (nSPS) is 11.4. The van der Waals surface area contributed by atoms with E-state index < -0.39 is 5.97 Å². The summed E-state index contributed by atoms with van der Waals surface area (Å²) in [5.41, 5.74) is 2.22. The summed E-state index contributed by atoms with van der Waals surface area (Å²) >= 11 is 0. The second-order valence-electron chi connectivity index (χ2n) is 5.66. The first-order valence-electron chi connectivity index (χ1n) is 8.58. The van der Waals surface area contributed by atoms with Gasteiger partial charge in [0.2, 0.25) is 0 Å². The smallest absolute Gasteiger partial charge is 0.339 e. The molecule has 0 heterocycles. The fourth-order valence-corrected chi connectivity index (χ4v) is 2.34. The lowest BCUT2D eigenvalue weighted by Gasteiger charge is -2.12. The fourth-order valence-electron chi connectivity index (χ4n) is 2.34. The van der Waals surface area contributed by atoms with Gasteiger partial charge < -0.3 is 19.4 Å². The Hall–Kier alpha value is -3.28. The third-order valence-corrected chi connectivity index (χ3v) is 3.60. The first-order chi connectivity index (χ1) is 13.2. The Morgan fingerprint density at radius 3 is 2.74 bits per heavy atom. The van der Waals surface area contributed by atoms with E-state index in [1.165, 1.54) is 13.4 Å². The summed E-state index contributed by atoms with van der Waals surface area (Å²) in [5.74, 6) is -0.411. The molecule has 2 aromatic rings. The van der Waals surface area contributed by atoms with E-state index in [0.717, 1.165) is 17.5 Å². The quantitative estimate of drug-likeness (QED) is 0.224. The Kier molecular flexibility index (Phi) is 7.91. The molecule has 27 heavy (non-hydrogen) atoms. The van der Waals surface area contributed by atoms with Crippen molar-refractivity contribution in [1.29, 1.82) is 0 Å². The third-order valence-electron chi connectivity index (χ3n) is 3.60. The van der Waals surface area contributed by atoms with Gasteiger partial charge in [0.1, 0.15) is 24.5 Å². The van der Waals surface area contributed by atoms with E-state index >= 15 is 0 Å². The van der Waals surface area contributed by atoms with E-state index in [2.05, 4.69) is 5.16 Å². The molecule has 0 atom stereocenters. The van der Waals surface area contributed by atoms with Crippen molar-refractivity contribution in [2.75, 3.05) is 13.7 Å². The maximum atomic E-state index is 11.5. The maximum Gasteiger partial charge on any atom is 0.339 e. The molecule has 1 N–H and O–H groups in total. The predicted octanol–water partition coefficient (Wildman–Crippen LogP) is 4.10. The molecule has 6 nitrogen and oxygen atoms in total. The maximum absolute atomic E-state index is 11.5. The van der Waals surface area contributed by atoms with Crippen molar-refractivity contribution in [3.63, 3.8) is 0 Å². The minimum absolute atomic E-state index is 0.0747. The summed E-state index contributed by atoms with van der Waals surface area (Å²) in [7, 11) is 1.42. The lowest BCUT2D eigenvalue weighted by atomic mass is 10.0. The van der Waals surface area contributed by atoms with E-state index in [4.69, 9.17) is 14.3 Å². The molecule has 0 aliphatic heterocycles. The molecule has 0 aliphatic rings. The van der Waals surface area contributed by atoms with Crippen LogP contribution in [0, 0.1) is 0 Å². The van der Waals surface area contributed by atoms with E-state index in [9.17, 15) is 9.90 Å². The fraction of sp³-hybridized carbons (Fsp3) is 0.238. The van der Waals surface area contributed by atoms with Crippen LogP contribution in [0.25, 0.3) is 5.57 Å². The number of carboxylic acids is 1. The van der Waals surface area contributed by atoms with Crippen LogP contribution in [0.4, 0.5) is 0 Å². The van der Waals surface area contributed by atoms with Crippen LogP contribution in [0.2, 0.25) is 0 Å². The summed E-state index contributed by atoms with van der Waals surface area (Å²) in [6.07, 6.45) is 3.74. The molecule has 0 saturated heterocycles. The van der Waals surface area contributed by atoms with Gasteiger partial charge in [0.25, 0.3) is 0 Å². The van der Waals surface area contributed by atoms with Crippen LogP contribution in [-0.2, 0) is 21.0 Å². The molecule has 6 heteroatoms. The zero-order valence-corrected chi connectivity index (χ0v) is 15.4. The van der Waals surface area contributed by atoms with Crippen molar-refractivity contribution in [2.24, 2.45) is 5.16 Å². The molecule has 0 radical (unpaired) electrons. The number of aliphatic carboxylic acids is 1. The van der Waals surface area contributed by atoms with Gasteiger partial charge in [-0.05, 0) is 35.2 Å². The lowest BCUT2D eigenvalue weighted by Crippen LogP contribution is -2.06. The van der Waals surface area contributed by atoms with Crippen LogP contribution in [-0.4, -0.2) is 31.0 Å². The predicted molar refractivity (Wildman–Crippen MR) is 104 cm³/mol. The SMILES string of the molecule is CCCON=Cc1cccc(OCc2ccccc2C(=COC)C(=O)O)c1. The molecule has 0 fully saturated rings. The van der Waals surface area contributed by atoms with Gasteiger partial charge in [-0.2, -0.15) is 0 Å². The highest BCUT2D eigenvalue weighted by molar-refractivity contribution is 6.15. The molecule has 0 spiro atoms. The average molecular weight is 369 g/mol. The molecule has 0 unspecified atom stereocenters. The Balaban J connectivity index is 2.12. The molecule has 2 rings (SSSR count). The van der Waals surface area contributed by atoms with Crippen LogP contribution in [0.15, 0.2) is 59.9 Å². The van der Waals surface area contributed by atoms with E-state index in [-0.39, 0.29) is 12.2 Å². The second-order valence-corrected chi connectivity index (χ2v) is 5.66. The van der Waals surface area contributed by atoms with Crippen molar-refractivity contribution in [3.05, 3.63) is 71.5 Å². The molecular weight excluding hydrogens is 346 g/mol. The number of rotatable bonds is 10. The zero-order chi connectivity index (χ0) is 19.5. The van der Waals surface area contributed by atoms with Crippen LogP contribution < -0.4 is 4.74 Å². The Labute approximate surface area is 158 Å². The van der Waals surface area contributed by atoms with Gasteiger partial charge in [-0.25, -0.2) is 4.79 Å². The van der Waals surface area contributed by atoms with Crippen molar-refractivity contribution in [3.8, 4) is 5.75 Å².